The standard InChI is InChI=1S/C14H19NO3/c1-6(15)14(16)18-11-3-7-2-10(11)9-5-13-12(17-13)4-8(7)9/h7-13H,1-5,15H2/t7?,8?,9-,10?,11?,12?,13?/m1/s1. The second-order valence-corrected chi connectivity index (χ2v) is 6.38. The van der Waals surface area contributed by atoms with Gasteiger partial charge in [0, 0.05) is 0 Å². The molecule has 0 amide bonds. The zero-order chi connectivity index (χ0) is 12.4. The van der Waals surface area contributed by atoms with Crippen LogP contribution in [-0.4, -0.2) is 24.3 Å². The van der Waals surface area contributed by atoms with E-state index in [9.17, 15) is 4.79 Å². The molecule has 1 saturated heterocycles. The fourth-order valence-electron chi connectivity index (χ4n) is 4.73. The van der Waals surface area contributed by atoms with E-state index in [0.717, 1.165) is 18.3 Å². The molecule has 0 aromatic heterocycles. The number of ether oxygens (including phenoxy) is 2. The SMILES string of the molecule is C=C(N)C(=O)OC1CC2CC1[C@@H]1CC3OC3CC21. The largest absolute Gasteiger partial charge is 0.457 e. The Balaban J connectivity index is 1.47. The van der Waals surface area contributed by atoms with Crippen LogP contribution in [0.4, 0.5) is 0 Å². The molecule has 4 aliphatic rings. The van der Waals surface area contributed by atoms with Gasteiger partial charge in [0.2, 0.25) is 0 Å². The molecule has 2 N–H and O–H groups in total. The van der Waals surface area contributed by atoms with Crippen molar-refractivity contribution in [3.63, 3.8) is 0 Å². The summed E-state index contributed by atoms with van der Waals surface area (Å²) < 4.78 is 11.2. The summed E-state index contributed by atoms with van der Waals surface area (Å²) in [6.07, 6.45) is 5.78. The first-order valence-electron chi connectivity index (χ1n) is 6.94. The van der Waals surface area contributed by atoms with Crippen molar-refractivity contribution >= 4 is 5.97 Å². The Morgan fingerprint density at radius 2 is 1.83 bits per heavy atom. The average Bonchev–Trinajstić information content (AvgIpc) is 2.86. The van der Waals surface area contributed by atoms with Crippen LogP contribution < -0.4 is 5.73 Å². The van der Waals surface area contributed by atoms with E-state index in [2.05, 4.69) is 6.58 Å². The molecular formula is C14H19NO3. The highest BCUT2D eigenvalue weighted by atomic mass is 16.6. The average molecular weight is 249 g/mol. The molecule has 18 heavy (non-hydrogen) atoms. The van der Waals surface area contributed by atoms with Gasteiger partial charge in [0.05, 0.1) is 12.2 Å². The number of nitrogens with two attached hydrogens (primary N) is 1. The molecule has 3 aliphatic carbocycles. The molecule has 4 fully saturated rings. The predicted octanol–water partition coefficient (Wildman–Crippen LogP) is 1.20. The van der Waals surface area contributed by atoms with Gasteiger partial charge in [-0.25, -0.2) is 4.79 Å². The molecule has 0 spiro atoms. The van der Waals surface area contributed by atoms with E-state index in [1.807, 2.05) is 0 Å². The zero-order valence-corrected chi connectivity index (χ0v) is 10.4. The Hall–Kier alpha value is -1.03. The number of hydrogen-bond donors (Lipinski definition) is 1. The number of carbonyl (C=O) groups excluding carboxylic acids is 1. The van der Waals surface area contributed by atoms with Gasteiger partial charge in [0.25, 0.3) is 0 Å². The number of esters is 1. The van der Waals surface area contributed by atoms with Gasteiger partial charge in [-0.15, -0.1) is 0 Å². The van der Waals surface area contributed by atoms with E-state index >= 15 is 0 Å². The van der Waals surface area contributed by atoms with Gasteiger partial charge in [-0.3, -0.25) is 0 Å². The highest BCUT2D eigenvalue weighted by Crippen LogP contribution is 2.61. The fourth-order valence-corrected chi connectivity index (χ4v) is 4.73. The van der Waals surface area contributed by atoms with Crippen LogP contribution in [0, 0.1) is 23.7 Å². The van der Waals surface area contributed by atoms with Gasteiger partial charge < -0.3 is 15.2 Å². The number of carbonyl (C=O) groups is 1. The van der Waals surface area contributed by atoms with Gasteiger partial charge in [0.15, 0.2) is 0 Å². The minimum absolute atomic E-state index is 0.0172. The van der Waals surface area contributed by atoms with Crippen LogP contribution in [0.15, 0.2) is 12.3 Å². The Morgan fingerprint density at radius 3 is 2.56 bits per heavy atom. The molecule has 2 bridgehead atoms. The molecule has 4 rings (SSSR count). The van der Waals surface area contributed by atoms with Gasteiger partial charge in [-0.2, -0.15) is 0 Å². The predicted molar refractivity (Wildman–Crippen MR) is 64.3 cm³/mol. The molecule has 0 radical (unpaired) electrons. The quantitative estimate of drug-likeness (QED) is 0.454. The Morgan fingerprint density at radius 1 is 1.11 bits per heavy atom. The fraction of sp³-hybridized carbons (Fsp3) is 0.786. The zero-order valence-electron chi connectivity index (χ0n) is 10.4. The topological polar surface area (TPSA) is 64.9 Å². The van der Waals surface area contributed by atoms with Gasteiger partial charge in [-0.05, 0) is 49.4 Å². The van der Waals surface area contributed by atoms with Crippen LogP contribution in [-0.2, 0) is 14.3 Å². The van der Waals surface area contributed by atoms with E-state index in [1.165, 1.54) is 19.3 Å². The van der Waals surface area contributed by atoms with E-state index in [-0.39, 0.29) is 11.8 Å². The van der Waals surface area contributed by atoms with Crippen LogP contribution in [0.25, 0.3) is 0 Å². The van der Waals surface area contributed by atoms with Gasteiger partial charge in [0.1, 0.15) is 11.8 Å². The Kier molecular flexibility index (Phi) is 2.11. The smallest absolute Gasteiger partial charge is 0.353 e. The molecule has 3 saturated carbocycles. The summed E-state index contributed by atoms with van der Waals surface area (Å²) >= 11 is 0. The lowest BCUT2D eigenvalue weighted by atomic mass is 9.70. The highest BCUT2D eigenvalue weighted by Gasteiger charge is 2.60. The number of hydrogen-bond acceptors (Lipinski definition) is 4. The minimum Gasteiger partial charge on any atom is -0.457 e. The van der Waals surface area contributed by atoms with Crippen molar-refractivity contribution in [2.45, 2.75) is 44.0 Å². The lowest BCUT2D eigenvalue weighted by molar-refractivity contribution is -0.148. The maximum atomic E-state index is 11.5. The molecule has 0 aromatic carbocycles. The third-order valence-corrected chi connectivity index (χ3v) is 5.51. The van der Waals surface area contributed by atoms with Crippen LogP contribution in [0.2, 0.25) is 0 Å². The summed E-state index contributed by atoms with van der Waals surface area (Å²) in [6.45, 7) is 3.44. The maximum absolute atomic E-state index is 11.5. The van der Waals surface area contributed by atoms with E-state index in [0.29, 0.717) is 24.0 Å². The summed E-state index contributed by atoms with van der Waals surface area (Å²) in [7, 11) is 0. The van der Waals surface area contributed by atoms with Crippen molar-refractivity contribution < 1.29 is 14.3 Å². The molecule has 98 valence electrons. The summed E-state index contributed by atoms with van der Waals surface area (Å²) in [5, 5.41) is 0. The van der Waals surface area contributed by atoms with Crippen LogP contribution in [0.3, 0.4) is 0 Å². The first-order valence-corrected chi connectivity index (χ1v) is 6.94. The molecule has 1 aliphatic heterocycles. The molecule has 4 heteroatoms. The summed E-state index contributed by atoms with van der Waals surface area (Å²) in [5.74, 6) is 2.36. The Labute approximate surface area is 106 Å². The normalized spacial score (nSPS) is 51.4. The molecular weight excluding hydrogens is 230 g/mol. The van der Waals surface area contributed by atoms with Crippen molar-refractivity contribution in [1.29, 1.82) is 0 Å². The molecule has 1 heterocycles. The molecule has 7 atom stereocenters. The van der Waals surface area contributed by atoms with E-state index < -0.39 is 5.97 Å². The summed E-state index contributed by atoms with van der Waals surface area (Å²) in [4.78, 5) is 11.5. The van der Waals surface area contributed by atoms with Crippen LogP contribution in [0.5, 0.6) is 0 Å². The maximum Gasteiger partial charge on any atom is 0.353 e. The molecule has 0 aromatic rings. The summed E-state index contributed by atoms with van der Waals surface area (Å²) in [5.41, 5.74) is 5.40. The third-order valence-electron chi connectivity index (χ3n) is 5.51. The number of rotatable bonds is 2. The van der Waals surface area contributed by atoms with Gasteiger partial charge in [-0.1, -0.05) is 6.58 Å². The Bertz CT molecular complexity index is 421. The first kappa shape index (κ1) is 10.9. The minimum atomic E-state index is -0.430. The van der Waals surface area contributed by atoms with Crippen LogP contribution in [0.1, 0.15) is 25.7 Å². The summed E-state index contributed by atoms with van der Waals surface area (Å²) in [6, 6.07) is 0. The van der Waals surface area contributed by atoms with E-state index in [1.54, 1.807) is 0 Å². The van der Waals surface area contributed by atoms with Crippen molar-refractivity contribution in [3.05, 3.63) is 12.3 Å². The second-order valence-electron chi connectivity index (χ2n) is 6.38. The van der Waals surface area contributed by atoms with Crippen molar-refractivity contribution in [1.82, 2.24) is 0 Å². The lowest BCUT2D eigenvalue weighted by Gasteiger charge is -2.37. The lowest BCUT2D eigenvalue weighted by Crippen LogP contribution is -2.38. The third kappa shape index (κ3) is 1.44. The first-order chi connectivity index (χ1) is 8.63. The number of epoxide rings is 1. The van der Waals surface area contributed by atoms with Crippen molar-refractivity contribution in [2.24, 2.45) is 29.4 Å². The van der Waals surface area contributed by atoms with E-state index in [4.69, 9.17) is 15.2 Å². The molecule has 6 unspecified atom stereocenters. The van der Waals surface area contributed by atoms with Crippen molar-refractivity contribution in [3.8, 4) is 0 Å². The molecule has 4 nitrogen and oxygen atoms in total. The van der Waals surface area contributed by atoms with Gasteiger partial charge >= 0.3 is 5.97 Å². The highest BCUT2D eigenvalue weighted by molar-refractivity contribution is 5.86. The van der Waals surface area contributed by atoms with Crippen molar-refractivity contribution in [2.75, 3.05) is 0 Å². The second kappa shape index (κ2) is 3.50. The number of fused-ring (bicyclic) bond motifs is 6. The van der Waals surface area contributed by atoms with Crippen LogP contribution >= 0.6 is 0 Å². The monoisotopic (exact) mass is 249 g/mol.